The molecule has 5 rings (SSSR count). The Morgan fingerprint density at radius 2 is 2.04 bits per heavy atom. The van der Waals surface area contributed by atoms with Crippen molar-refractivity contribution in [2.75, 3.05) is 23.3 Å². The maximum Gasteiger partial charge on any atom is 0.257 e. The van der Waals surface area contributed by atoms with Gasteiger partial charge in [0.2, 0.25) is 0 Å². The summed E-state index contributed by atoms with van der Waals surface area (Å²) in [7, 11) is 0. The summed E-state index contributed by atoms with van der Waals surface area (Å²) in [5.41, 5.74) is 1.03. The second kappa shape index (κ2) is 6.92. The molecule has 2 aromatic heterocycles. The molecule has 1 unspecified atom stereocenters. The smallest absolute Gasteiger partial charge is 0.257 e. The number of para-hydroxylation sites is 1. The number of nitrogens with zero attached hydrogens (tertiary/aromatic N) is 4. The van der Waals surface area contributed by atoms with Crippen molar-refractivity contribution in [3.8, 4) is 5.88 Å². The fraction of sp³-hybridized carbons (Fsp3) is 0.421. The highest BCUT2D eigenvalue weighted by molar-refractivity contribution is 7.22. The van der Waals surface area contributed by atoms with Crippen molar-refractivity contribution < 1.29 is 9.13 Å². The van der Waals surface area contributed by atoms with E-state index in [-0.39, 0.29) is 6.10 Å². The van der Waals surface area contributed by atoms with Crippen LogP contribution in [0.5, 0.6) is 5.88 Å². The first-order chi connectivity index (χ1) is 13.2. The molecule has 0 bridgehead atoms. The van der Waals surface area contributed by atoms with Gasteiger partial charge < -0.3 is 15.0 Å². The van der Waals surface area contributed by atoms with Gasteiger partial charge in [0.05, 0.1) is 16.8 Å². The van der Waals surface area contributed by atoms with Crippen LogP contribution in [-0.4, -0.2) is 46.4 Å². The minimum atomic E-state index is -0.800. The molecule has 0 radical (unpaired) electrons. The number of halogens is 1. The van der Waals surface area contributed by atoms with Gasteiger partial charge in [0, 0.05) is 37.8 Å². The van der Waals surface area contributed by atoms with Gasteiger partial charge in [-0.25, -0.2) is 19.3 Å². The summed E-state index contributed by atoms with van der Waals surface area (Å²) in [6.45, 7) is 1.02. The van der Waals surface area contributed by atoms with Crippen LogP contribution in [0.15, 0.2) is 36.7 Å². The number of rotatable bonds is 5. The average Bonchev–Trinajstić information content (AvgIpc) is 3.26. The summed E-state index contributed by atoms with van der Waals surface area (Å²) in [5.74, 6) is 1.16. The zero-order chi connectivity index (χ0) is 18.2. The lowest BCUT2D eigenvalue weighted by Gasteiger charge is -2.35. The van der Waals surface area contributed by atoms with Crippen molar-refractivity contribution in [3.63, 3.8) is 0 Å². The maximum absolute atomic E-state index is 13.5. The summed E-state index contributed by atoms with van der Waals surface area (Å²) in [4.78, 5) is 15.2. The second-order valence-electron chi connectivity index (χ2n) is 7.06. The molecule has 8 heteroatoms. The quantitative estimate of drug-likeness (QED) is 0.723. The lowest BCUT2D eigenvalue weighted by molar-refractivity contribution is 0.103. The first-order valence-corrected chi connectivity index (χ1v) is 10.0. The Bertz CT molecular complexity index is 912. The Hall–Kier alpha value is -2.48. The normalized spacial score (nSPS) is 24.8. The van der Waals surface area contributed by atoms with Crippen LogP contribution in [0.25, 0.3) is 10.2 Å². The molecule has 1 aliphatic carbocycles. The van der Waals surface area contributed by atoms with Crippen LogP contribution in [0.2, 0.25) is 0 Å². The molecule has 2 aliphatic rings. The molecular formula is C19H20FN5OS. The molecule has 3 heterocycles. The van der Waals surface area contributed by atoms with E-state index in [9.17, 15) is 4.39 Å². The monoisotopic (exact) mass is 385 g/mol. The van der Waals surface area contributed by atoms with Gasteiger partial charge >= 0.3 is 0 Å². The predicted molar refractivity (Wildman–Crippen MR) is 104 cm³/mol. The molecule has 1 saturated carbocycles. The Labute approximate surface area is 160 Å². The highest BCUT2D eigenvalue weighted by Crippen LogP contribution is 2.34. The van der Waals surface area contributed by atoms with E-state index in [4.69, 9.17) is 4.74 Å². The van der Waals surface area contributed by atoms with Gasteiger partial charge in [-0.1, -0.05) is 23.5 Å². The lowest BCUT2D eigenvalue weighted by Crippen LogP contribution is -2.43. The second-order valence-corrected chi connectivity index (χ2v) is 8.09. The average molecular weight is 385 g/mol. The zero-order valence-corrected chi connectivity index (χ0v) is 15.5. The summed E-state index contributed by atoms with van der Waals surface area (Å²) >= 11 is 1.67. The molecule has 140 valence electrons. The van der Waals surface area contributed by atoms with Crippen LogP contribution in [0, 0.1) is 0 Å². The van der Waals surface area contributed by atoms with Crippen molar-refractivity contribution in [2.45, 2.75) is 37.6 Å². The fourth-order valence-electron chi connectivity index (χ4n) is 3.57. The lowest BCUT2D eigenvalue weighted by atomic mass is 9.89. The number of hydrogen-bond acceptors (Lipinski definition) is 7. The van der Waals surface area contributed by atoms with E-state index in [0.717, 1.165) is 23.5 Å². The number of fused-ring (bicyclic) bond motifs is 1. The Morgan fingerprint density at radius 3 is 2.85 bits per heavy atom. The van der Waals surface area contributed by atoms with E-state index in [1.54, 1.807) is 23.7 Å². The van der Waals surface area contributed by atoms with Crippen molar-refractivity contribution in [2.24, 2.45) is 0 Å². The topological polar surface area (TPSA) is 63.2 Å². The van der Waals surface area contributed by atoms with Crippen LogP contribution in [0.1, 0.15) is 19.3 Å². The van der Waals surface area contributed by atoms with Gasteiger partial charge in [-0.2, -0.15) is 0 Å². The Balaban J connectivity index is 1.19. The fourth-order valence-corrected chi connectivity index (χ4v) is 4.52. The Kier molecular flexibility index (Phi) is 4.27. The molecule has 1 aromatic carbocycles. The van der Waals surface area contributed by atoms with Crippen LogP contribution in [-0.2, 0) is 0 Å². The van der Waals surface area contributed by atoms with Crippen molar-refractivity contribution in [3.05, 3.63) is 36.7 Å². The number of hydrogen-bond donors (Lipinski definition) is 1. The molecular weight excluding hydrogens is 365 g/mol. The van der Waals surface area contributed by atoms with E-state index in [1.807, 2.05) is 23.1 Å². The van der Waals surface area contributed by atoms with E-state index < -0.39 is 6.17 Å². The van der Waals surface area contributed by atoms with E-state index in [0.29, 0.717) is 37.3 Å². The third-order valence-electron chi connectivity index (χ3n) is 5.07. The zero-order valence-electron chi connectivity index (χ0n) is 14.7. The first kappa shape index (κ1) is 16.7. The minimum absolute atomic E-state index is 0.0936. The molecule has 6 nitrogen and oxygen atoms in total. The molecule has 27 heavy (non-hydrogen) atoms. The molecule has 2 fully saturated rings. The number of nitrogens with one attached hydrogen (secondary N) is 1. The van der Waals surface area contributed by atoms with Gasteiger partial charge in [0.15, 0.2) is 10.9 Å². The largest absolute Gasteiger partial charge is 0.472 e. The summed E-state index contributed by atoms with van der Waals surface area (Å²) < 4.78 is 20.8. The van der Waals surface area contributed by atoms with Crippen LogP contribution in [0.4, 0.5) is 15.3 Å². The molecule has 0 amide bonds. The van der Waals surface area contributed by atoms with Gasteiger partial charge in [0.25, 0.3) is 5.88 Å². The van der Waals surface area contributed by atoms with Crippen LogP contribution >= 0.6 is 11.3 Å². The standard InChI is InChI=1S/C19H20FN5OS/c20-12-5-8-25(11-12)17-18(22-7-6-21-17)26-14-9-13(10-14)23-19-24-15-3-1-2-4-16(15)27-19/h1-4,6-7,12-14H,5,8-11H2,(H,23,24)/t12?,13-,14-. The third kappa shape index (κ3) is 3.41. The SMILES string of the molecule is FC1CCN(c2nccnc2O[C@H]2C[C@H](Nc3nc4ccccc4s3)C2)C1. The number of ether oxygens (including phenoxy) is 1. The van der Waals surface area contributed by atoms with Crippen molar-refractivity contribution >= 4 is 32.5 Å². The molecule has 1 atom stereocenters. The number of alkyl halides is 1. The van der Waals surface area contributed by atoms with Gasteiger partial charge in [-0.05, 0) is 18.6 Å². The Morgan fingerprint density at radius 1 is 1.19 bits per heavy atom. The van der Waals surface area contributed by atoms with Crippen LogP contribution in [0.3, 0.4) is 0 Å². The summed E-state index contributed by atoms with van der Waals surface area (Å²) in [6, 6.07) is 8.49. The molecule has 1 N–H and O–H groups in total. The number of aromatic nitrogens is 3. The minimum Gasteiger partial charge on any atom is -0.472 e. The van der Waals surface area contributed by atoms with Gasteiger partial charge in [-0.15, -0.1) is 0 Å². The highest BCUT2D eigenvalue weighted by Gasteiger charge is 2.33. The maximum atomic E-state index is 13.5. The highest BCUT2D eigenvalue weighted by atomic mass is 32.1. The summed E-state index contributed by atoms with van der Waals surface area (Å²) in [5, 5.41) is 4.44. The van der Waals surface area contributed by atoms with Gasteiger partial charge in [0.1, 0.15) is 12.3 Å². The number of benzene rings is 1. The van der Waals surface area contributed by atoms with Crippen molar-refractivity contribution in [1.29, 1.82) is 0 Å². The third-order valence-corrected chi connectivity index (χ3v) is 6.04. The number of thiazole rings is 1. The summed E-state index contributed by atoms with van der Waals surface area (Å²) in [6.07, 6.45) is 4.86. The van der Waals surface area contributed by atoms with Crippen molar-refractivity contribution in [1.82, 2.24) is 15.0 Å². The molecule has 1 aliphatic heterocycles. The molecule has 1 saturated heterocycles. The molecule has 0 spiro atoms. The first-order valence-electron chi connectivity index (χ1n) is 9.23. The van der Waals surface area contributed by atoms with E-state index in [2.05, 4.69) is 26.3 Å². The van der Waals surface area contributed by atoms with E-state index in [1.165, 1.54) is 4.70 Å². The molecule has 3 aromatic rings. The van der Waals surface area contributed by atoms with E-state index >= 15 is 0 Å². The van der Waals surface area contributed by atoms with Gasteiger partial charge in [-0.3, -0.25) is 0 Å². The number of anilines is 2. The predicted octanol–water partition coefficient (Wildman–Crippen LogP) is 3.66. The van der Waals surface area contributed by atoms with Crippen LogP contribution < -0.4 is 15.0 Å².